The number of aromatic nitrogens is 1. The third kappa shape index (κ3) is 4.18. The first-order valence-electron chi connectivity index (χ1n) is 11.3. The third-order valence-electron chi connectivity index (χ3n) is 6.34. The van der Waals surface area contributed by atoms with Gasteiger partial charge in [-0.2, -0.15) is 0 Å². The van der Waals surface area contributed by atoms with Crippen molar-refractivity contribution in [3.63, 3.8) is 0 Å². The number of rotatable bonds is 4. The molecule has 3 heterocycles. The second-order valence-electron chi connectivity index (χ2n) is 8.75. The van der Waals surface area contributed by atoms with E-state index in [1.807, 2.05) is 53.1 Å². The lowest BCUT2D eigenvalue weighted by molar-refractivity contribution is 0.0409. The normalized spacial score (nSPS) is 16.4. The molecule has 33 heavy (non-hydrogen) atoms. The van der Waals surface area contributed by atoms with Gasteiger partial charge in [-0.1, -0.05) is 48.0 Å². The number of amides is 2. The molecule has 5 nitrogen and oxygen atoms in total. The average Bonchev–Trinajstić information content (AvgIpc) is 3.41. The van der Waals surface area contributed by atoms with Crippen molar-refractivity contribution in [2.75, 3.05) is 19.6 Å². The van der Waals surface area contributed by atoms with Crippen LogP contribution in [0.25, 0.3) is 10.2 Å². The number of aryl methyl sites for hydroxylation is 1. The molecule has 0 bridgehead atoms. The first-order chi connectivity index (χ1) is 16.0. The van der Waals surface area contributed by atoms with Crippen molar-refractivity contribution in [3.05, 3.63) is 94.5 Å². The number of hydrogen-bond acceptors (Lipinski definition) is 3. The highest BCUT2D eigenvalue weighted by atomic mass is 32.1. The van der Waals surface area contributed by atoms with Gasteiger partial charge >= 0.3 is 0 Å². The zero-order chi connectivity index (χ0) is 22.9. The minimum Gasteiger partial charge on any atom is -0.334 e. The van der Waals surface area contributed by atoms with Crippen molar-refractivity contribution >= 4 is 33.4 Å². The van der Waals surface area contributed by atoms with Crippen LogP contribution in [-0.4, -0.2) is 51.9 Å². The second kappa shape index (κ2) is 8.87. The monoisotopic (exact) mass is 457 g/mol. The van der Waals surface area contributed by atoms with Gasteiger partial charge < -0.3 is 14.4 Å². The lowest BCUT2D eigenvalue weighted by Crippen LogP contribution is -2.55. The Labute approximate surface area is 197 Å². The van der Waals surface area contributed by atoms with Crippen LogP contribution in [0.5, 0.6) is 0 Å². The predicted molar refractivity (Wildman–Crippen MR) is 133 cm³/mol. The smallest absolute Gasteiger partial charge is 0.270 e. The number of benzene rings is 2. The van der Waals surface area contributed by atoms with Crippen LogP contribution in [0.3, 0.4) is 0 Å². The molecule has 0 saturated carbocycles. The summed E-state index contributed by atoms with van der Waals surface area (Å²) in [5, 5.41) is 3.17. The van der Waals surface area contributed by atoms with E-state index in [0.29, 0.717) is 37.4 Å². The summed E-state index contributed by atoms with van der Waals surface area (Å²) in [4.78, 5) is 31.5. The first kappa shape index (κ1) is 21.5. The number of nitrogens with zero attached hydrogens (tertiary/aromatic N) is 3. The highest BCUT2D eigenvalue weighted by Crippen LogP contribution is 2.28. The topological polar surface area (TPSA) is 45.6 Å². The van der Waals surface area contributed by atoms with Gasteiger partial charge in [-0.25, -0.2) is 0 Å². The van der Waals surface area contributed by atoms with E-state index in [-0.39, 0.29) is 17.9 Å². The summed E-state index contributed by atoms with van der Waals surface area (Å²) >= 11 is 1.66. The molecule has 1 saturated heterocycles. The molecule has 168 valence electrons. The molecule has 1 atom stereocenters. The molecule has 0 N–H and O–H groups in total. The highest BCUT2D eigenvalue weighted by molar-refractivity contribution is 7.16. The van der Waals surface area contributed by atoms with Crippen LogP contribution >= 0.6 is 11.3 Å². The van der Waals surface area contributed by atoms with Gasteiger partial charge in [-0.15, -0.1) is 11.3 Å². The number of carbonyl (C=O) groups is 2. The van der Waals surface area contributed by atoms with Gasteiger partial charge in [0.05, 0.1) is 0 Å². The van der Waals surface area contributed by atoms with E-state index in [9.17, 15) is 9.59 Å². The SMILES string of the molecule is Cc1cccc(Cn2c(C(=O)N3CCN(C(=O)c4ccccc4)[C@@H](C)C3)cc3ccsc32)c1. The van der Waals surface area contributed by atoms with Crippen LogP contribution in [0.4, 0.5) is 0 Å². The lowest BCUT2D eigenvalue weighted by Gasteiger charge is -2.40. The van der Waals surface area contributed by atoms with Gasteiger partial charge in [0.15, 0.2) is 0 Å². The summed E-state index contributed by atoms with van der Waals surface area (Å²) in [5.74, 6) is 0.0586. The molecular weight excluding hydrogens is 430 g/mol. The Morgan fingerprint density at radius 1 is 0.970 bits per heavy atom. The number of fused-ring (bicyclic) bond motifs is 1. The zero-order valence-corrected chi connectivity index (χ0v) is 19.7. The van der Waals surface area contributed by atoms with Crippen molar-refractivity contribution in [2.24, 2.45) is 0 Å². The van der Waals surface area contributed by atoms with Crippen LogP contribution in [0.15, 0.2) is 72.1 Å². The minimum atomic E-state index is -0.0447. The molecule has 6 heteroatoms. The molecule has 1 aliphatic heterocycles. The number of carbonyl (C=O) groups excluding carboxylic acids is 2. The number of hydrogen-bond donors (Lipinski definition) is 0. The maximum Gasteiger partial charge on any atom is 0.270 e. The molecule has 0 unspecified atom stereocenters. The maximum atomic E-state index is 13.6. The van der Waals surface area contributed by atoms with E-state index < -0.39 is 0 Å². The van der Waals surface area contributed by atoms with Crippen LogP contribution < -0.4 is 0 Å². The number of thiophene rings is 1. The van der Waals surface area contributed by atoms with Gasteiger partial charge in [0.1, 0.15) is 10.5 Å². The molecular formula is C27H27N3O2S. The van der Waals surface area contributed by atoms with Gasteiger partial charge in [0.25, 0.3) is 11.8 Å². The summed E-state index contributed by atoms with van der Waals surface area (Å²) in [6.45, 7) is 6.36. The Hall–Kier alpha value is -3.38. The van der Waals surface area contributed by atoms with Gasteiger partial charge in [0, 0.05) is 43.2 Å². The second-order valence-corrected chi connectivity index (χ2v) is 9.65. The molecule has 0 spiro atoms. The standard InChI is InChI=1S/C27H27N3O2S/c1-19-7-6-8-21(15-19)18-30-24(16-23-11-14-33-27(23)30)26(32)28-12-13-29(20(2)17-28)25(31)22-9-4-3-5-10-22/h3-11,14-16,20H,12-13,17-18H2,1-2H3/t20-/m0/s1. The highest BCUT2D eigenvalue weighted by Gasteiger charge is 2.32. The Morgan fingerprint density at radius 2 is 1.79 bits per heavy atom. The quantitative estimate of drug-likeness (QED) is 0.431. The molecule has 4 aromatic rings. The van der Waals surface area contributed by atoms with E-state index >= 15 is 0 Å². The van der Waals surface area contributed by atoms with Gasteiger partial charge in [0.2, 0.25) is 0 Å². The fourth-order valence-corrected chi connectivity index (χ4v) is 5.55. The molecule has 1 aliphatic rings. The van der Waals surface area contributed by atoms with E-state index in [4.69, 9.17) is 0 Å². The minimum absolute atomic E-state index is 0.0264. The lowest BCUT2D eigenvalue weighted by atomic mass is 10.1. The van der Waals surface area contributed by atoms with Gasteiger partial charge in [-0.05, 0) is 49.1 Å². The zero-order valence-electron chi connectivity index (χ0n) is 18.9. The van der Waals surface area contributed by atoms with Crippen molar-refractivity contribution in [1.82, 2.24) is 14.4 Å². The fraction of sp³-hybridized carbons (Fsp3) is 0.259. The van der Waals surface area contributed by atoms with Crippen molar-refractivity contribution in [1.29, 1.82) is 0 Å². The molecule has 5 rings (SSSR count). The van der Waals surface area contributed by atoms with Crippen molar-refractivity contribution < 1.29 is 9.59 Å². The Balaban J connectivity index is 1.37. The Bertz CT molecular complexity index is 1310. The van der Waals surface area contributed by atoms with Crippen LogP contribution in [0.1, 0.15) is 38.9 Å². The predicted octanol–water partition coefficient (Wildman–Crippen LogP) is 5.05. The van der Waals surface area contributed by atoms with E-state index in [2.05, 4.69) is 47.2 Å². The number of piperazine rings is 1. The molecule has 0 radical (unpaired) electrons. The molecule has 2 amide bonds. The third-order valence-corrected chi connectivity index (χ3v) is 7.29. The van der Waals surface area contributed by atoms with Gasteiger partial charge in [-0.3, -0.25) is 9.59 Å². The largest absolute Gasteiger partial charge is 0.334 e. The van der Waals surface area contributed by atoms with Crippen LogP contribution in [0, 0.1) is 6.92 Å². The molecule has 2 aromatic heterocycles. The molecule has 1 fully saturated rings. The van der Waals surface area contributed by atoms with Crippen molar-refractivity contribution in [2.45, 2.75) is 26.4 Å². The van der Waals surface area contributed by atoms with E-state index in [0.717, 1.165) is 10.2 Å². The first-order valence-corrected chi connectivity index (χ1v) is 12.2. The molecule has 0 aliphatic carbocycles. The summed E-state index contributed by atoms with van der Waals surface area (Å²) in [7, 11) is 0. The van der Waals surface area contributed by atoms with Crippen LogP contribution in [0.2, 0.25) is 0 Å². The Morgan fingerprint density at radius 3 is 2.55 bits per heavy atom. The van der Waals surface area contributed by atoms with E-state index in [1.54, 1.807) is 11.3 Å². The average molecular weight is 458 g/mol. The summed E-state index contributed by atoms with van der Waals surface area (Å²) < 4.78 is 2.14. The summed E-state index contributed by atoms with van der Waals surface area (Å²) in [6.07, 6.45) is 0. The summed E-state index contributed by atoms with van der Waals surface area (Å²) in [6, 6.07) is 21.8. The van der Waals surface area contributed by atoms with Crippen molar-refractivity contribution in [3.8, 4) is 0 Å². The summed E-state index contributed by atoms with van der Waals surface area (Å²) in [5.41, 5.74) is 3.80. The maximum absolute atomic E-state index is 13.6. The van der Waals surface area contributed by atoms with Crippen LogP contribution in [-0.2, 0) is 6.54 Å². The van der Waals surface area contributed by atoms with E-state index in [1.165, 1.54) is 11.1 Å². The molecule has 2 aromatic carbocycles. The fourth-order valence-electron chi connectivity index (χ4n) is 4.65. The Kier molecular flexibility index (Phi) is 5.77.